The summed E-state index contributed by atoms with van der Waals surface area (Å²) in [6.45, 7) is 0.772. The van der Waals surface area contributed by atoms with Crippen molar-refractivity contribution in [3.63, 3.8) is 0 Å². The molecule has 6 nitrogen and oxygen atoms in total. The summed E-state index contributed by atoms with van der Waals surface area (Å²) < 4.78 is 0. The number of hydrogen-bond donors (Lipinski definition) is 1. The normalized spacial score (nSPS) is 23.9. The van der Waals surface area contributed by atoms with Crippen molar-refractivity contribution in [3.05, 3.63) is 75.5 Å². The molecule has 8 heteroatoms. The van der Waals surface area contributed by atoms with Crippen LogP contribution >= 0.6 is 23.2 Å². The number of H-pyrrole nitrogens is 1. The van der Waals surface area contributed by atoms with Crippen molar-refractivity contribution in [2.45, 2.75) is 37.6 Å². The molecular weight excluding hydrogens is 433 g/mol. The monoisotopic (exact) mass is 455 g/mol. The molecule has 2 aliphatic rings. The average Bonchev–Trinajstić information content (AvgIpc) is 3.44. The first kappa shape index (κ1) is 20.5. The van der Waals surface area contributed by atoms with E-state index < -0.39 is 0 Å². The Bertz CT molecular complexity index is 1050. The quantitative estimate of drug-likeness (QED) is 0.577. The molecule has 1 saturated carbocycles. The summed E-state index contributed by atoms with van der Waals surface area (Å²) in [5.74, 6) is 1.30. The molecule has 2 heterocycles. The zero-order valence-electron chi connectivity index (χ0n) is 16.9. The number of rotatable bonds is 6. The van der Waals surface area contributed by atoms with Crippen LogP contribution in [-0.2, 0) is 11.2 Å². The van der Waals surface area contributed by atoms with Gasteiger partial charge in [-0.15, -0.1) is 5.10 Å². The van der Waals surface area contributed by atoms with E-state index in [0.717, 1.165) is 17.7 Å². The lowest BCUT2D eigenvalue weighted by molar-refractivity contribution is -0.143. The van der Waals surface area contributed by atoms with Gasteiger partial charge in [-0.1, -0.05) is 47.5 Å². The van der Waals surface area contributed by atoms with Gasteiger partial charge in [0.1, 0.15) is 5.82 Å². The number of piperidine rings is 1. The van der Waals surface area contributed by atoms with Crippen molar-refractivity contribution >= 4 is 29.1 Å². The standard InChI is InChI=1S/C23H23Cl2N5O/c24-18-8-6-15(7-9-18)22-20(16-2-1-3-19(25)10-16)11-17(12-21-26-28-29-27-21)23(31)30(22)13-14-4-5-14/h1-3,6-10,14,17,20,22H,4-5,11-13H2,(H,26,27,28,29)/t17-,20-,22?/m1/s1. The van der Waals surface area contributed by atoms with E-state index in [9.17, 15) is 4.79 Å². The summed E-state index contributed by atoms with van der Waals surface area (Å²) in [5.41, 5.74) is 2.24. The maximum atomic E-state index is 13.7. The molecule has 2 fully saturated rings. The molecule has 1 saturated heterocycles. The predicted molar refractivity (Wildman–Crippen MR) is 119 cm³/mol. The third-order valence-electron chi connectivity index (χ3n) is 6.36. The second kappa shape index (κ2) is 8.60. The maximum absolute atomic E-state index is 13.7. The second-order valence-corrected chi connectivity index (χ2v) is 9.45. The number of aromatic nitrogens is 4. The van der Waals surface area contributed by atoms with Crippen molar-refractivity contribution in [3.8, 4) is 0 Å². The van der Waals surface area contributed by atoms with Crippen molar-refractivity contribution in [2.24, 2.45) is 11.8 Å². The molecule has 3 aromatic rings. The van der Waals surface area contributed by atoms with E-state index in [0.29, 0.717) is 34.6 Å². The smallest absolute Gasteiger partial charge is 0.226 e. The van der Waals surface area contributed by atoms with E-state index in [1.54, 1.807) is 0 Å². The van der Waals surface area contributed by atoms with Crippen LogP contribution in [0.1, 0.15) is 48.2 Å². The molecule has 1 amide bonds. The van der Waals surface area contributed by atoms with Gasteiger partial charge in [-0.25, -0.2) is 5.10 Å². The zero-order valence-corrected chi connectivity index (χ0v) is 18.4. The van der Waals surface area contributed by atoms with E-state index in [-0.39, 0.29) is 23.8 Å². The number of likely N-dealkylation sites (tertiary alicyclic amines) is 1. The molecule has 0 spiro atoms. The molecule has 0 radical (unpaired) electrons. The van der Waals surface area contributed by atoms with Crippen LogP contribution in [0.15, 0.2) is 48.5 Å². The average molecular weight is 456 g/mol. The first-order valence-corrected chi connectivity index (χ1v) is 11.4. The molecule has 1 aliphatic heterocycles. The molecule has 3 atom stereocenters. The molecule has 5 rings (SSSR count). The van der Waals surface area contributed by atoms with Crippen molar-refractivity contribution < 1.29 is 4.79 Å². The molecule has 0 bridgehead atoms. The number of halogens is 2. The first-order valence-electron chi connectivity index (χ1n) is 10.6. The largest absolute Gasteiger partial charge is 0.335 e. The van der Waals surface area contributed by atoms with Gasteiger partial charge in [-0.2, -0.15) is 0 Å². The van der Waals surface area contributed by atoms with Gasteiger partial charge in [0.15, 0.2) is 0 Å². The summed E-state index contributed by atoms with van der Waals surface area (Å²) in [4.78, 5) is 15.8. The van der Waals surface area contributed by atoms with Crippen LogP contribution in [0, 0.1) is 11.8 Å². The Morgan fingerprint density at radius 2 is 1.84 bits per heavy atom. The van der Waals surface area contributed by atoms with E-state index in [1.807, 2.05) is 42.5 Å². The Labute approximate surface area is 190 Å². The Kier molecular flexibility index (Phi) is 5.67. The number of amides is 1. The van der Waals surface area contributed by atoms with Gasteiger partial charge >= 0.3 is 0 Å². The summed E-state index contributed by atoms with van der Waals surface area (Å²) >= 11 is 12.5. The highest BCUT2D eigenvalue weighted by Crippen LogP contribution is 2.47. The molecule has 1 N–H and O–H groups in total. The Morgan fingerprint density at radius 3 is 2.52 bits per heavy atom. The maximum Gasteiger partial charge on any atom is 0.226 e. The lowest BCUT2D eigenvalue weighted by atomic mass is 9.74. The van der Waals surface area contributed by atoms with Crippen molar-refractivity contribution in [2.75, 3.05) is 6.54 Å². The fourth-order valence-electron chi connectivity index (χ4n) is 4.70. The molecular formula is C23H23Cl2N5O. The van der Waals surface area contributed by atoms with Crippen LogP contribution in [0.4, 0.5) is 0 Å². The molecule has 1 unspecified atom stereocenters. The minimum absolute atomic E-state index is 0.0621. The van der Waals surface area contributed by atoms with Gasteiger partial charge in [0.25, 0.3) is 0 Å². The number of aromatic amines is 1. The minimum Gasteiger partial charge on any atom is -0.335 e. The SMILES string of the molecule is O=C1[C@@H](Cc2nnn[nH]2)C[C@H](c2cccc(Cl)c2)C(c2ccc(Cl)cc2)N1CC1CC1. The second-order valence-electron chi connectivity index (χ2n) is 8.58. The van der Waals surface area contributed by atoms with Crippen LogP contribution in [0.5, 0.6) is 0 Å². The number of nitrogens with one attached hydrogen (secondary N) is 1. The third kappa shape index (κ3) is 4.46. The number of carbonyl (C=O) groups excluding carboxylic acids is 1. The van der Waals surface area contributed by atoms with E-state index in [4.69, 9.17) is 23.2 Å². The summed E-state index contributed by atoms with van der Waals surface area (Å²) in [7, 11) is 0. The lowest BCUT2D eigenvalue weighted by Gasteiger charge is -2.45. The van der Waals surface area contributed by atoms with Gasteiger partial charge < -0.3 is 4.90 Å². The molecule has 31 heavy (non-hydrogen) atoms. The number of tetrazole rings is 1. The Balaban J connectivity index is 1.57. The van der Waals surface area contributed by atoms with Gasteiger partial charge in [-0.05, 0) is 71.0 Å². The highest BCUT2D eigenvalue weighted by atomic mass is 35.5. The Hall–Kier alpha value is -2.44. The van der Waals surface area contributed by atoms with E-state index in [2.05, 4.69) is 31.6 Å². The predicted octanol–water partition coefficient (Wildman–Crippen LogP) is 4.83. The van der Waals surface area contributed by atoms with Crippen LogP contribution in [0.25, 0.3) is 0 Å². The van der Waals surface area contributed by atoms with Gasteiger partial charge in [-0.3, -0.25) is 4.79 Å². The highest BCUT2D eigenvalue weighted by Gasteiger charge is 2.44. The van der Waals surface area contributed by atoms with Gasteiger partial charge in [0.2, 0.25) is 5.91 Å². The summed E-state index contributed by atoms with van der Waals surface area (Å²) in [6, 6.07) is 15.8. The summed E-state index contributed by atoms with van der Waals surface area (Å²) in [6.07, 6.45) is 3.55. The highest BCUT2D eigenvalue weighted by molar-refractivity contribution is 6.30. The molecule has 2 aromatic carbocycles. The molecule has 1 aromatic heterocycles. The first-order chi connectivity index (χ1) is 15.1. The van der Waals surface area contributed by atoms with Crippen LogP contribution in [0.2, 0.25) is 10.0 Å². The van der Waals surface area contributed by atoms with Crippen molar-refractivity contribution in [1.82, 2.24) is 25.5 Å². The van der Waals surface area contributed by atoms with Crippen LogP contribution in [0.3, 0.4) is 0 Å². The Morgan fingerprint density at radius 1 is 1.03 bits per heavy atom. The number of hydrogen-bond acceptors (Lipinski definition) is 4. The molecule has 1 aliphatic carbocycles. The number of nitrogens with zero attached hydrogens (tertiary/aromatic N) is 4. The fraction of sp³-hybridized carbons (Fsp3) is 0.391. The van der Waals surface area contributed by atoms with E-state index in [1.165, 1.54) is 12.8 Å². The molecule has 160 valence electrons. The lowest BCUT2D eigenvalue weighted by Crippen LogP contribution is -2.48. The van der Waals surface area contributed by atoms with E-state index >= 15 is 0 Å². The summed E-state index contributed by atoms with van der Waals surface area (Å²) in [5, 5.41) is 15.6. The fourth-order valence-corrected chi connectivity index (χ4v) is 5.03. The van der Waals surface area contributed by atoms with Gasteiger partial charge in [0, 0.05) is 34.8 Å². The van der Waals surface area contributed by atoms with Gasteiger partial charge in [0.05, 0.1) is 6.04 Å². The van der Waals surface area contributed by atoms with Crippen molar-refractivity contribution in [1.29, 1.82) is 0 Å². The van der Waals surface area contributed by atoms with Crippen LogP contribution in [-0.4, -0.2) is 38.0 Å². The number of carbonyl (C=O) groups is 1. The van der Waals surface area contributed by atoms with Crippen LogP contribution < -0.4 is 0 Å². The zero-order chi connectivity index (χ0) is 21.4. The topological polar surface area (TPSA) is 74.8 Å². The third-order valence-corrected chi connectivity index (χ3v) is 6.84. The minimum atomic E-state index is -0.193. The number of benzene rings is 2.